The van der Waals surface area contributed by atoms with Gasteiger partial charge in [-0.2, -0.15) is 0 Å². The van der Waals surface area contributed by atoms with Crippen molar-refractivity contribution < 1.29 is 9.53 Å². The fourth-order valence-corrected chi connectivity index (χ4v) is 1.24. The molecule has 0 spiro atoms. The van der Waals surface area contributed by atoms with Crippen molar-refractivity contribution >= 4 is 18.5 Å². The molecule has 0 aliphatic rings. The van der Waals surface area contributed by atoms with E-state index in [1.165, 1.54) is 0 Å². The standard InChI is InChI=1S/C10H11NO2S/c1-2-9(13-10(12)11-14)8-6-4-3-5-7-8/h3-7,9H,2H2,1H3. The fraction of sp³-hybridized carbons (Fsp3) is 0.300. The minimum Gasteiger partial charge on any atom is -0.439 e. The van der Waals surface area contributed by atoms with Gasteiger partial charge in [0.15, 0.2) is 0 Å². The van der Waals surface area contributed by atoms with Crippen molar-refractivity contribution in [3.05, 3.63) is 35.9 Å². The number of benzene rings is 1. The third kappa shape index (κ3) is 2.88. The second kappa shape index (κ2) is 5.44. The van der Waals surface area contributed by atoms with Gasteiger partial charge in [0.05, 0.1) is 0 Å². The number of carbonyl (C=O) groups is 1. The Labute approximate surface area is 88.3 Å². The van der Waals surface area contributed by atoms with Crippen molar-refractivity contribution in [1.29, 1.82) is 0 Å². The Balaban J connectivity index is 2.72. The summed E-state index contributed by atoms with van der Waals surface area (Å²) in [5, 5.41) is 0. The van der Waals surface area contributed by atoms with Crippen LogP contribution in [0.15, 0.2) is 34.7 Å². The topological polar surface area (TPSA) is 38.7 Å². The summed E-state index contributed by atoms with van der Waals surface area (Å²) in [5.41, 5.74) is 0.960. The van der Waals surface area contributed by atoms with Crippen molar-refractivity contribution in [2.45, 2.75) is 19.4 Å². The number of nitrogens with zero attached hydrogens (tertiary/aromatic N) is 1. The van der Waals surface area contributed by atoms with E-state index >= 15 is 0 Å². The predicted octanol–water partition coefficient (Wildman–Crippen LogP) is 3.00. The highest BCUT2D eigenvalue weighted by Crippen LogP contribution is 2.20. The predicted molar refractivity (Wildman–Crippen MR) is 55.7 cm³/mol. The molecule has 1 rings (SSSR count). The van der Waals surface area contributed by atoms with Gasteiger partial charge < -0.3 is 4.74 Å². The van der Waals surface area contributed by atoms with Gasteiger partial charge in [-0.3, -0.25) is 0 Å². The van der Waals surface area contributed by atoms with Crippen molar-refractivity contribution in [2.75, 3.05) is 0 Å². The molecule has 0 aliphatic heterocycles. The van der Waals surface area contributed by atoms with Gasteiger partial charge in [-0.1, -0.05) is 37.3 Å². The Morgan fingerprint density at radius 2 is 2.14 bits per heavy atom. The van der Waals surface area contributed by atoms with Gasteiger partial charge >= 0.3 is 6.09 Å². The zero-order chi connectivity index (χ0) is 10.4. The summed E-state index contributed by atoms with van der Waals surface area (Å²) in [5.74, 6) is 0. The largest absolute Gasteiger partial charge is 0.445 e. The maximum absolute atomic E-state index is 10.9. The maximum Gasteiger partial charge on any atom is 0.445 e. The summed E-state index contributed by atoms with van der Waals surface area (Å²) in [6, 6.07) is 9.53. The molecular weight excluding hydrogens is 198 g/mol. The molecule has 4 heteroatoms. The van der Waals surface area contributed by atoms with Crippen LogP contribution >= 0.6 is 0 Å². The molecule has 1 atom stereocenters. The number of hydrogen-bond acceptors (Lipinski definition) is 3. The average Bonchev–Trinajstić information content (AvgIpc) is 2.26. The number of rotatable bonds is 3. The summed E-state index contributed by atoms with van der Waals surface area (Å²) < 4.78 is 8.05. The fourth-order valence-electron chi connectivity index (χ4n) is 1.20. The zero-order valence-electron chi connectivity index (χ0n) is 7.84. The number of carbonyl (C=O) groups excluding carboxylic acids is 1. The first kappa shape index (κ1) is 10.8. The zero-order valence-corrected chi connectivity index (χ0v) is 8.66. The third-order valence-corrected chi connectivity index (χ3v) is 2.01. The Hall–Kier alpha value is -1.29. The molecule has 0 saturated carbocycles. The molecule has 1 aromatic rings. The first-order valence-corrected chi connectivity index (χ1v) is 4.73. The molecule has 1 aromatic carbocycles. The third-order valence-electron chi connectivity index (χ3n) is 1.86. The van der Waals surface area contributed by atoms with Crippen LogP contribution in [-0.4, -0.2) is 6.09 Å². The monoisotopic (exact) mass is 209 g/mol. The average molecular weight is 209 g/mol. The lowest BCUT2D eigenvalue weighted by atomic mass is 10.1. The van der Waals surface area contributed by atoms with Gasteiger partial charge in [0.1, 0.15) is 6.10 Å². The number of ether oxygens (including phenoxy) is 1. The Morgan fingerprint density at radius 1 is 1.50 bits per heavy atom. The summed E-state index contributed by atoms with van der Waals surface area (Å²) in [6.45, 7) is 1.94. The van der Waals surface area contributed by atoms with Crippen LogP contribution in [0, 0.1) is 0 Å². The molecular formula is C10H11NO2S. The van der Waals surface area contributed by atoms with Gasteiger partial charge in [0.25, 0.3) is 0 Å². The minimum absolute atomic E-state index is 0.254. The summed E-state index contributed by atoms with van der Waals surface area (Å²) in [4.78, 5) is 10.9. The van der Waals surface area contributed by atoms with E-state index in [0.29, 0.717) is 6.42 Å². The van der Waals surface area contributed by atoms with E-state index < -0.39 is 6.09 Å². The lowest BCUT2D eigenvalue weighted by molar-refractivity contribution is 0.105. The van der Waals surface area contributed by atoms with Crippen LogP contribution in [0.4, 0.5) is 4.79 Å². The molecule has 0 fully saturated rings. The molecule has 3 nitrogen and oxygen atoms in total. The number of hydrogen-bond donors (Lipinski definition) is 0. The first-order chi connectivity index (χ1) is 6.77. The van der Waals surface area contributed by atoms with Crippen LogP contribution in [0.2, 0.25) is 0 Å². The highest BCUT2D eigenvalue weighted by Gasteiger charge is 2.13. The van der Waals surface area contributed by atoms with Crippen molar-refractivity contribution in [3.8, 4) is 0 Å². The van der Waals surface area contributed by atoms with E-state index in [1.807, 2.05) is 37.3 Å². The summed E-state index contributed by atoms with van der Waals surface area (Å²) in [6.07, 6.45) is -0.244. The minimum atomic E-state index is -0.698. The molecule has 0 bridgehead atoms. The molecule has 0 N–H and O–H groups in total. The molecule has 14 heavy (non-hydrogen) atoms. The molecule has 0 aliphatic carbocycles. The van der Waals surface area contributed by atoms with E-state index in [0.717, 1.165) is 5.56 Å². The quantitative estimate of drug-likeness (QED) is 0.768. The van der Waals surface area contributed by atoms with Crippen molar-refractivity contribution in [3.63, 3.8) is 0 Å². The molecule has 1 amide bonds. The van der Waals surface area contributed by atoms with Crippen LogP contribution in [0.5, 0.6) is 0 Å². The van der Waals surface area contributed by atoms with E-state index in [1.54, 1.807) is 0 Å². The summed E-state index contributed by atoms with van der Waals surface area (Å²) >= 11 is 4.24. The Kier molecular flexibility index (Phi) is 4.19. The molecule has 74 valence electrons. The highest BCUT2D eigenvalue weighted by molar-refractivity contribution is 7.47. The molecule has 0 radical (unpaired) electrons. The van der Waals surface area contributed by atoms with E-state index in [4.69, 9.17) is 4.74 Å². The van der Waals surface area contributed by atoms with Crippen LogP contribution in [-0.2, 0) is 17.2 Å². The van der Waals surface area contributed by atoms with Crippen LogP contribution in [0.1, 0.15) is 25.0 Å². The van der Waals surface area contributed by atoms with Crippen molar-refractivity contribution in [2.24, 2.45) is 4.36 Å². The smallest absolute Gasteiger partial charge is 0.439 e. The second-order valence-corrected chi connectivity index (χ2v) is 2.97. The maximum atomic E-state index is 10.9. The Bertz CT molecular complexity index is 313. The van der Waals surface area contributed by atoms with Gasteiger partial charge in [-0.25, -0.2) is 4.79 Å². The first-order valence-electron chi connectivity index (χ1n) is 4.36. The molecule has 0 heterocycles. The summed E-state index contributed by atoms with van der Waals surface area (Å²) in [7, 11) is 0. The van der Waals surface area contributed by atoms with Gasteiger partial charge in [0.2, 0.25) is 0 Å². The van der Waals surface area contributed by atoms with Crippen molar-refractivity contribution in [1.82, 2.24) is 0 Å². The lowest BCUT2D eigenvalue weighted by Crippen LogP contribution is -2.06. The second-order valence-electron chi connectivity index (χ2n) is 2.78. The highest BCUT2D eigenvalue weighted by atomic mass is 32.1. The normalized spacial score (nSPS) is 11.8. The Morgan fingerprint density at radius 3 is 2.64 bits per heavy atom. The SMILES string of the molecule is CCC(OC(=O)N=S)c1ccccc1. The van der Waals surface area contributed by atoms with Crippen LogP contribution < -0.4 is 0 Å². The van der Waals surface area contributed by atoms with Gasteiger partial charge in [0, 0.05) is 12.4 Å². The van der Waals surface area contributed by atoms with Gasteiger partial charge in [-0.15, -0.1) is 4.36 Å². The molecule has 0 aromatic heterocycles. The van der Waals surface area contributed by atoms with Crippen LogP contribution in [0.3, 0.4) is 0 Å². The number of amides is 1. The molecule has 1 unspecified atom stereocenters. The van der Waals surface area contributed by atoms with E-state index in [-0.39, 0.29) is 6.10 Å². The lowest BCUT2D eigenvalue weighted by Gasteiger charge is -2.13. The van der Waals surface area contributed by atoms with E-state index in [9.17, 15) is 4.79 Å². The molecule has 0 saturated heterocycles. The van der Waals surface area contributed by atoms with Crippen LogP contribution in [0.25, 0.3) is 0 Å². The van der Waals surface area contributed by atoms with E-state index in [2.05, 4.69) is 16.8 Å². The van der Waals surface area contributed by atoms with Gasteiger partial charge in [-0.05, 0) is 12.0 Å².